The second-order valence-corrected chi connectivity index (χ2v) is 8.11. The molecule has 0 fully saturated rings. The summed E-state index contributed by atoms with van der Waals surface area (Å²) >= 11 is 9.13. The van der Waals surface area contributed by atoms with Crippen LogP contribution in [0.5, 0.6) is 0 Å². The molecule has 0 aliphatic rings. The summed E-state index contributed by atoms with van der Waals surface area (Å²) in [6.07, 6.45) is 1.90. The molecule has 0 saturated carbocycles. The lowest BCUT2D eigenvalue weighted by molar-refractivity contribution is -0.124. The highest BCUT2D eigenvalue weighted by Crippen LogP contribution is 2.26. The van der Waals surface area contributed by atoms with Gasteiger partial charge in [0, 0.05) is 9.77 Å². The second-order valence-electron chi connectivity index (χ2n) is 5.85. The van der Waals surface area contributed by atoms with Gasteiger partial charge in [-0.2, -0.15) is 0 Å². The summed E-state index contributed by atoms with van der Waals surface area (Å²) in [6.45, 7) is -0.382. The van der Waals surface area contributed by atoms with Crippen LogP contribution in [0.15, 0.2) is 70.9 Å². The summed E-state index contributed by atoms with van der Waals surface area (Å²) < 4.78 is 5.18. The van der Waals surface area contributed by atoms with Crippen LogP contribution in [0.1, 0.15) is 26.8 Å². The number of amides is 1. The molecule has 0 aliphatic heterocycles. The van der Waals surface area contributed by atoms with Crippen molar-refractivity contribution in [3.63, 3.8) is 0 Å². The summed E-state index contributed by atoms with van der Waals surface area (Å²) in [5.74, 6) is -1.00. The number of esters is 1. The van der Waals surface area contributed by atoms with Crippen molar-refractivity contribution in [1.29, 1.82) is 0 Å². The molecule has 7 heteroatoms. The molecule has 0 bridgehead atoms. The maximum Gasteiger partial charge on any atom is 0.340 e. The Balaban J connectivity index is 1.66. The van der Waals surface area contributed by atoms with Crippen LogP contribution in [0.3, 0.4) is 0 Å². The number of ether oxygens (including phenoxy) is 1. The van der Waals surface area contributed by atoms with Gasteiger partial charge in [-0.3, -0.25) is 4.79 Å². The Morgan fingerprint density at radius 1 is 1.14 bits per heavy atom. The van der Waals surface area contributed by atoms with Gasteiger partial charge in [0.05, 0.1) is 16.6 Å². The number of thioether (sulfide) groups is 1. The Kier molecular flexibility index (Phi) is 7.14. The van der Waals surface area contributed by atoms with Crippen molar-refractivity contribution < 1.29 is 14.3 Å². The lowest BCUT2D eigenvalue weighted by Gasteiger charge is -2.18. The first-order valence-electron chi connectivity index (χ1n) is 8.47. The zero-order valence-electron chi connectivity index (χ0n) is 15.1. The van der Waals surface area contributed by atoms with Gasteiger partial charge in [0.25, 0.3) is 5.91 Å². The summed E-state index contributed by atoms with van der Waals surface area (Å²) in [4.78, 5) is 26.7. The maximum absolute atomic E-state index is 12.4. The average Bonchev–Trinajstić information content (AvgIpc) is 3.26. The predicted molar refractivity (Wildman–Crippen MR) is 114 cm³/mol. The lowest BCUT2D eigenvalue weighted by atomic mass is 10.1. The molecule has 1 heterocycles. The lowest BCUT2D eigenvalue weighted by Crippen LogP contribution is -2.32. The highest BCUT2D eigenvalue weighted by molar-refractivity contribution is 7.98. The van der Waals surface area contributed by atoms with Gasteiger partial charge in [0.1, 0.15) is 0 Å². The fourth-order valence-corrected chi connectivity index (χ4v) is 4.06. The van der Waals surface area contributed by atoms with Crippen LogP contribution in [0, 0.1) is 0 Å². The van der Waals surface area contributed by atoms with Crippen molar-refractivity contribution in [2.24, 2.45) is 0 Å². The fraction of sp³-hybridized carbons (Fsp3) is 0.143. The van der Waals surface area contributed by atoms with Crippen molar-refractivity contribution >= 4 is 46.6 Å². The van der Waals surface area contributed by atoms with Crippen LogP contribution in [-0.4, -0.2) is 24.7 Å². The number of nitrogens with one attached hydrogen (secondary N) is 1. The zero-order valence-corrected chi connectivity index (χ0v) is 17.4. The minimum atomic E-state index is -0.622. The molecule has 1 unspecified atom stereocenters. The third-order valence-corrected chi connectivity index (χ3v) is 5.99. The molecule has 0 spiro atoms. The number of carbonyl (C=O) groups is 2. The number of hydrogen-bond acceptors (Lipinski definition) is 5. The summed E-state index contributed by atoms with van der Waals surface area (Å²) in [5, 5.41) is 5.19. The number of rotatable bonds is 7. The Morgan fingerprint density at radius 3 is 2.61 bits per heavy atom. The molecule has 1 atom stereocenters. The number of thiophene rings is 1. The van der Waals surface area contributed by atoms with Crippen molar-refractivity contribution in [2.45, 2.75) is 10.9 Å². The summed E-state index contributed by atoms with van der Waals surface area (Å²) in [5.41, 5.74) is 1.21. The van der Waals surface area contributed by atoms with Crippen molar-refractivity contribution in [1.82, 2.24) is 5.32 Å². The van der Waals surface area contributed by atoms with E-state index in [0.29, 0.717) is 5.02 Å². The van der Waals surface area contributed by atoms with Crippen LogP contribution in [0.4, 0.5) is 0 Å². The Hall–Kier alpha value is -2.28. The van der Waals surface area contributed by atoms with Gasteiger partial charge in [-0.15, -0.1) is 23.1 Å². The van der Waals surface area contributed by atoms with Gasteiger partial charge in [-0.25, -0.2) is 4.79 Å². The van der Waals surface area contributed by atoms with E-state index in [2.05, 4.69) is 5.32 Å². The van der Waals surface area contributed by atoms with E-state index in [1.807, 2.05) is 60.2 Å². The molecule has 144 valence electrons. The smallest absolute Gasteiger partial charge is 0.340 e. The van der Waals surface area contributed by atoms with Crippen LogP contribution in [0.2, 0.25) is 5.02 Å². The third kappa shape index (κ3) is 5.16. The van der Waals surface area contributed by atoms with E-state index in [4.69, 9.17) is 16.3 Å². The van der Waals surface area contributed by atoms with E-state index in [1.54, 1.807) is 23.5 Å². The number of benzene rings is 2. The molecule has 2 aromatic carbocycles. The molecule has 3 aromatic rings. The molecule has 1 amide bonds. The van der Waals surface area contributed by atoms with E-state index in [1.165, 1.54) is 11.8 Å². The quantitative estimate of drug-likeness (QED) is 0.413. The van der Waals surface area contributed by atoms with E-state index >= 15 is 0 Å². The second kappa shape index (κ2) is 9.78. The van der Waals surface area contributed by atoms with Crippen molar-refractivity contribution in [3.05, 3.63) is 87.1 Å². The van der Waals surface area contributed by atoms with Crippen molar-refractivity contribution in [3.8, 4) is 0 Å². The minimum absolute atomic E-state index is 0.249. The van der Waals surface area contributed by atoms with Crippen LogP contribution >= 0.6 is 34.7 Å². The first kappa shape index (κ1) is 20.5. The molecule has 4 nitrogen and oxygen atoms in total. The molecule has 0 radical (unpaired) electrons. The van der Waals surface area contributed by atoms with Gasteiger partial charge >= 0.3 is 5.97 Å². The van der Waals surface area contributed by atoms with Gasteiger partial charge < -0.3 is 10.1 Å². The van der Waals surface area contributed by atoms with Gasteiger partial charge in [0.2, 0.25) is 0 Å². The Bertz CT molecular complexity index is 946. The summed E-state index contributed by atoms with van der Waals surface area (Å²) in [7, 11) is 0. The molecule has 0 saturated heterocycles. The molecule has 28 heavy (non-hydrogen) atoms. The standard InChI is InChI=1S/C21H18ClNO3S2/c1-27-15-9-10-17(22)16(12-15)21(25)26-13-19(24)23-20(18-8-5-11-28-18)14-6-3-2-4-7-14/h2-12,20H,13H2,1H3,(H,23,24). The highest BCUT2D eigenvalue weighted by atomic mass is 35.5. The van der Waals surface area contributed by atoms with Crippen molar-refractivity contribution in [2.75, 3.05) is 12.9 Å². The van der Waals surface area contributed by atoms with Crippen LogP contribution in [-0.2, 0) is 9.53 Å². The highest BCUT2D eigenvalue weighted by Gasteiger charge is 2.20. The molecule has 1 aromatic heterocycles. The zero-order chi connectivity index (χ0) is 19.9. The van der Waals surface area contributed by atoms with Gasteiger partial charge in [0.15, 0.2) is 6.61 Å². The number of halogens is 1. The predicted octanol–water partition coefficient (Wildman–Crippen LogP) is 5.19. The van der Waals surface area contributed by atoms with Gasteiger partial charge in [-0.1, -0.05) is 48.0 Å². The van der Waals surface area contributed by atoms with E-state index in [9.17, 15) is 9.59 Å². The van der Waals surface area contributed by atoms with E-state index in [-0.39, 0.29) is 24.1 Å². The topological polar surface area (TPSA) is 55.4 Å². The van der Waals surface area contributed by atoms with E-state index in [0.717, 1.165) is 15.3 Å². The minimum Gasteiger partial charge on any atom is -0.452 e. The third-order valence-electron chi connectivity index (χ3n) is 3.99. The molecule has 3 rings (SSSR count). The van der Waals surface area contributed by atoms with Crippen LogP contribution in [0.25, 0.3) is 0 Å². The molecule has 0 aliphatic carbocycles. The normalized spacial score (nSPS) is 11.6. The molecule has 1 N–H and O–H groups in total. The Labute approximate surface area is 176 Å². The monoisotopic (exact) mass is 431 g/mol. The molecular formula is C21H18ClNO3S2. The number of carbonyl (C=O) groups excluding carboxylic acids is 2. The maximum atomic E-state index is 12.4. The first-order chi connectivity index (χ1) is 13.6. The Morgan fingerprint density at radius 2 is 1.93 bits per heavy atom. The molecular weight excluding hydrogens is 414 g/mol. The SMILES string of the molecule is CSc1ccc(Cl)c(C(=O)OCC(=O)NC(c2ccccc2)c2cccs2)c1. The summed E-state index contributed by atoms with van der Waals surface area (Å²) in [6, 6.07) is 18.4. The van der Waals surface area contributed by atoms with Crippen LogP contribution < -0.4 is 5.32 Å². The largest absolute Gasteiger partial charge is 0.452 e. The fourth-order valence-electron chi connectivity index (χ4n) is 2.62. The number of hydrogen-bond donors (Lipinski definition) is 1. The van der Waals surface area contributed by atoms with Gasteiger partial charge in [-0.05, 0) is 41.5 Å². The first-order valence-corrected chi connectivity index (χ1v) is 10.9. The van der Waals surface area contributed by atoms with E-state index < -0.39 is 5.97 Å². The average molecular weight is 432 g/mol.